The first-order valence-corrected chi connectivity index (χ1v) is 9.59. The number of amides is 1. The lowest BCUT2D eigenvalue weighted by Gasteiger charge is -2.37. The Kier molecular flexibility index (Phi) is 6.65. The van der Waals surface area contributed by atoms with Crippen molar-refractivity contribution in [1.82, 2.24) is 9.80 Å². The van der Waals surface area contributed by atoms with Gasteiger partial charge >= 0.3 is 6.61 Å². The van der Waals surface area contributed by atoms with Crippen LogP contribution in [0, 0.1) is 19.8 Å². The molecule has 0 atom stereocenters. The summed E-state index contributed by atoms with van der Waals surface area (Å²) >= 11 is 0. The van der Waals surface area contributed by atoms with Crippen molar-refractivity contribution >= 4 is 5.91 Å². The molecule has 150 valence electrons. The van der Waals surface area contributed by atoms with E-state index in [1.54, 1.807) is 26.0 Å². The molecule has 3 rings (SSSR count). The molecule has 2 aliphatic heterocycles. The van der Waals surface area contributed by atoms with Crippen LogP contribution >= 0.6 is 0 Å². The van der Waals surface area contributed by atoms with E-state index in [2.05, 4.69) is 9.64 Å². The van der Waals surface area contributed by atoms with Crippen molar-refractivity contribution in [3.05, 3.63) is 28.8 Å². The van der Waals surface area contributed by atoms with Crippen molar-refractivity contribution < 1.29 is 23.0 Å². The summed E-state index contributed by atoms with van der Waals surface area (Å²) in [5.74, 6) is 0.798. The minimum Gasteiger partial charge on any atom is -0.434 e. The average Bonchev–Trinajstić information content (AvgIpc) is 2.65. The zero-order chi connectivity index (χ0) is 19.4. The van der Waals surface area contributed by atoms with Crippen LogP contribution in [-0.4, -0.2) is 68.3 Å². The van der Waals surface area contributed by atoms with Gasteiger partial charge in [-0.2, -0.15) is 8.78 Å². The second-order valence-electron chi connectivity index (χ2n) is 7.47. The van der Waals surface area contributed by atoms with Crippen LogP contribution in [0.4, 0.5) is 8.78 Å². The third-order valence-corrected chi connectivity index (χ3v) is 5.43. The van der Waals surface area contributed by atoms with Crippen LogP contribution in [0.3, 0.4) is 0 Å². The summed E-state index contributed by atoms with van der Waals surface area (Å²) in [6.07, 6.45) is 2.23. The van der Waals surface area contributed by atoms with Crippen molar-refractivity contribution in [2.24, 2.45) is 5.92 Å². The molecule has 1 amide bonds. The largest absolute Gasteiger partial charge is 0.434 e. The zero-order valence-electron chi connectivity index (χ0n) is 16.0. The number of carbonyl (C=O) groups is 1. The van der Waals surface area contributed by atoms with Gasteiger partial charge in [-0.05, 0) is 55.9 Å². The van der Waals surface area contributed by atoms with Gasteiger partial charge in [0.15, 0.2) is 0 Å². The molecule has 1 aromatic rings. The SMILES string of the molecule is Cc1cc(C(=O)N2CCN(CC3CCOCC3)CC2)cc(C)c1OC(F)F. The Morgan fingerprint density at radius 2 is 1.74 bits per heavy atom. The molecule has 0 saturated carbocycles. The van der Waals surface area contributed by atoms with Gasteiger partial charge in [-0.15, -0.1) is 0 Å². The third kappa shape index (κ3) is 5.17. The fourth-order valence-electron chi connectivity index (χ4n) is 3.96. The maximum absolute atomic E-state index is 12.8. The van der Waals surface area contributed by atoms with Gasteiger partial charge < -0.3 is 14.4 Å². The molecule has 0 unspecified atom stereocenters. The van der Waals surface area contributed by atoms with Crippen molar-refractivity contribution in [3.63, 3.8) is 0 Å². The van der Waals surface area contributed by atoms with Crippen LogP contribution in [0.1, 0.15) is 34.3 Å². The molecule has 0 N–H and O–H groups in total. The minimum atomic E-state index is -2.87. The van der Waals surface area contributed by atoms with Crippen LogP contribution in [0.25, 0.3) is 0 Å². The number of ether oxygens (including phenoxy) is 2. The number of aryl methyl sites for hydroxylation is 2. The molecule has 2 aliphatic rings. The molecule has 0 radical (unpaired) electrons. The Balaban J connectivity index is 1.57. The van der Waals surface area contributed by atoms with Crippen LogP contribution < -0.4 is 4.74 Å². The average molecular weight is 382 g/mol. The molecule has 5 nitrogen and oxygen atoms in total. The summed E-state index contributed by atoms with van der Waals surface area (Å²) in [4.78, 5) is 17.1. The number of piperazine rings is 1. The minimum absolute atomic E-state index is 0.0458. The van der Waals surface area contributed by atoms with E-state index in [1.807, 2.05) is 4.90 Å². The number of hydrogen-bond donors (Lipinski definition) is 0. The normalized spacial score (nSPS) is 19.5. The van der Waals surface area contributed by atoms with Gasteiger partial charge in [0.05, 0.1) is 0 Å². The molecule has 1 aromatic carbocycles. The van der Waals surface area contributed by atoms with E-state index < -0.39 is 6.61 Å². The fraction of sp³-hybridized carbons (Fsp3) is 0.650. The first kappa shape index (κ1) is 20.0. The number of hydrogen-bond acceptors (Lipinski definition) is 4. The predicted octanol–water partition coefficient (Wildman–Crippen LogP) is 3.09. The Labute approximate surface area is 159 Å². The summed E-state index contributed by atoms with van der Waals surface area (Å²) < 4.78 is 35.0. The van der Waals surface area contributed by atoms with Gasteiger partial charge in [-0.3, -0.25) is 9.69 Å². The predicted molar refractivity (Wildman–Crippen MR) is 98.4 cm³/mol. The van der Waals surface area contributed by atoms with Crippen molar-refractivity contribution in [2.75, 3.05) is 45.9 Å². The van der Waals surface area contributed by atoms with E-state index in [1.165, 1.54) is 0 Å². The van der Waals surface area contributed by atoms with Crippen molar-refractivity contribution in [2.45, 2.75) is 33.3 Å². The number of carbonyl (C=O) groups excluding carboxylic acids is 1. The molecule has 0 aliphatic carbocycles. The lowest BCUT2D eigenvalue weighted by Crippen LogP contribution is -2.50. The molecule has 0 spiro atoms. The van der Waals surface area contributed by atoms with Gasteiger partial charge in [0, 0.05) is 51.5 Å². The molecular weight excluding hydrogens is 354 g/mol. The Morgan fingerprint density at radius 3 is 2.30 bits per heavy atom. The van der Waals surface area contributed by atoms with E-state index in [-0.39, 0.29) is 11.7 Å². The molecule has 0 aromatic heterocycles. The highest BCUT2D eigenvalue weighted by atomic mass is 19.3. The van der Waals surface area contributed by atoms with E-state index >= 15 is 0 Å². The topological polar surface area (TPSA) is 42.0 Å². The number of alkyl halides is 2. The maximum Gasteiger partial charge on any atom is 0.387 e. The Hall–Kier alpha value is -1.73. The highest BCUT2D eigenvalue weighted by molar-refractivity contribution is 5.95. The maximum atomic E-state index is 12.8. The van der Waals surface area contributed by atoms with Gasteiger partial charge in [-0.1, -0.05) is 0 Å². The fourth-order valence-corrected chi connectivity index (χ4v) is 3.96. The van der Waals surface area contributed by atoms with E-state index in [0.717, 1.165) is 45.7 Å². The van der Waals surface area contributed by atoms with Crippen LogP contribution in [0.15, 0.2) is 12.1 Å². The van der Waals surface area contributed by atoms with Gasteiger partial charge in [0.25, 0.3) is 5.91 Å². The van der Waals surface area contributed by atoms with Crippen LogP contribution in [0.5, 0.6) is 5.75 Å². The number of halogens is 2. The zero-order valence-corrected chi connectivity index (χ0v) is 16.0. The summed E-state index contributed by atoms with van der Waals surface area (Å²) in [7, 11) is 0. The number of rotatable bonds is 5. The molecule has 2 saturated heterocycles. The van der Waals surface area contributed by atoms with Gasteiger partial charge in [0.2, 0.25) is 0 Å². The number of nitrogens with zero attached hydrogens (tertiary/aromatic N) is 2. The summed E-state index contributed by atoms with van der Waals surface area (Å²) in [5, 5.41) is 0. The van der Waals surface area contributed by atoms with E-state index in [9.17, 15) is 13.6 Å². The number of benzene rings is 1. The standard InChI is InChI=1S/C20H28F2N2O3/c1-14-11-17(12-15(2)18(14)27-20(21)22)19(25)24-7-5-23(6-8-24)13-16-3-9-26-10-4-16/h11-12,16,20H,3-10,13H2,1-2H3. The lowest BCUT2D eigenvalue weighted by molar-refractivity contribution is -0.0507. The van der Waals surface area contributed by atoms with Crippen molar-refractivity contribution in [1.29, 1.82) is 0 Å². The Morgan fingerprint density at radius 1 is 1.15 bits per heavy atom. The molecule has 2 fully saturated rings. The monoisotopic (exact) mass is 382 g/mol. The summed E-state index contributed by atoms with van der Waals surface area (Å²) in [6, 6.07) is 3.28. The van der Waals surface area contributed by atoms with E-state index in [0.29, 0.717) is 35.7 Å². The molecule has 7 heteroatoms. The quantitative estimate of drug-likeness (QED) is 0.785. The molecule has 0 bridgehead atoms. The second kappa shape index (κ2) is 8.97. The second-order valence-corrected chi connectivity index (χ2v) is 7.47. The first-order valence-electron chi connectivity index (χ1n) is 9.59. The van der Waals surface area contributed by atoms with Crippen LogP contribution in [0.2, 0.25) is 0 Å². The highest BCUT2D eigenvalue weighted by Crippen LogP contribution is 2.27. The van der Waals surface area contributed by atoms with E-state index in [4.69, 9.17) is 4.74 Å². The first-order chi connectivity index (χ1) is 12.9. The summed E-state index contributed by atoms with van der Waals surface area (Å²) in [6.45, 7) is 6.41. The summed E-state index contributed by atoms with van der Waals surface area (Å²) in [5.41, 5.74) is 1.64. The van der Waals surface area contributed by atoms with Crippen molar-refractivity contribution in [3.8, 4) is 5.75 Å². The molecule has 2 heterocycles. The molecule has 27 heavy (non-hydrogen) atoms. The van der Waals surface area contributed by atoms with Crippen LogP contribution in [-0.2, 0) is 4.74 Å². The highest BCUT2D eigenvalue weighted by Gasteiger charge is 2.25. The Bertz CT molecular complexity index is 632. The van der Waals surface area contributed by atoms with Gasteiger partial charge in [0.1, 0.15) is 5.75 Å². The van der Waals surface area contributed by atoms with Gasteiger partial charge in [-0.25, -0.2) is 0 Å². The smallest absolute Gasteiger partial charge is 0.387 e. The lowest BCUT2D eigenvalue weighted by atomic mass is 9.99. The third-order valence-electron chi connectivity index (χ3n) is 5.43. The molecular formula is C20H28F2N2O3.